The fraction of sp³-hybridized carbons (Fsp3) is 0.600. The summed E-state index contributed by atoms with van der Waals surface area (Å²) in [5, 5.41) is 8.18. The van der Waals surface area contributed by atoms with Gasteiger partial charge in [0, 0.05) is 25.4 Å². The zero-order valence-corrected chi connectivity index (χ0v) is 17.7. The minimum Gasteiger partial charge on any atom is -0.381 e. The predicted octanol–water partition coefficient (Wildman–Crippen LogP) is 0.354. The number of piperidine rings is 1. The molecule has 1 saturated heterocycles. The molecule has 1 aliphatic heterocycles. The summed E-state index contributed by atoms with van der Waals surface area (Å²) < 4.78 is 72.8. The van der Waals surface area contributed by atoms with Gasteiger partial charge in [0.2, 0.25) is 20.0 Å². The average molecular weight is 440 g/mol. The molecule has 0 amide bonds. The lowest BCUT2D eigenvalue weighted by Gasteiger charge is -2.32. The normalized spacial score (nSPS) is 17.7. The molecule has 0 bridgehead atoms. The highest BCUT2D eigenvalue weighted by Gasteiger charge is 2.28. The first-order valence-electron chi connectivity index (χ1n) is 8.46. The maximum absolute atomic E-state index is 12.1. The van der Waals surface area contributed by atoms with E-state index in [2.05, 4.69) is 5.32 Å². The summed E-state index contributed by atoms with van der Waals surface area (Å²) in [5.41, 5.74) is 0.278. The molecule has 0 aliphatic carbocycles. The van der Waals surface area contributed by atoms with Crippen LogP contribution in [-0.4, -0.2) is 60.7 Å². The summed E-state index contributed by atoms with van der Waals surface area (Å²) in [6.07, 6.45) is 2.57. The first-order valence-corrected chi connectivity index (χ1v) is 13.5. The molecular weight excluding hydrogens is 414 g/mol. The summed E-state index contributed by atoms with van der Waals surface area (Å²) in [6, 6.07) is 3.52. The first-order chi connectivity index (χ1) is 12.3. The van der Waals surface area contributed by atoms with E-state index in [-0.39, 0.29) is 27.3 Å². The van der Waals surface area contributed by atoms with Crippen LogP contribution in [0.4, 0.5) is 5.69 Å². The third-order valence-corrected chi connectivity index (χ3v) is 8.47. The van der Waals surface area contributed by atoms with Crippen molar-refractivity contribution in [3.8, 4) is 0 Å². The standard InChI is InChI=1S/C15H25N3O6S3/c1-3-10-26(21,22)18-8-6-12(7-9-18)17-14-5-4-13(27(16,23)24)11-15(14)25(2,19)20/h4-5,11-12,17H,3,6-10H2,1-2H3,(H2,16,23,24). The van der Waals surface area contributed by atoms with Gasteiger partial charge in [-0.1, -0.05) is 6.92 Å². The van der Waals surface area contributed by atoms with Gasteiger partial charge < -0.3 is 5.32 Å². The summed E-state index contributed by atoms with van der Waals surface area (Å²) >= 11 is 0. The molecule has 27 heavy (non-hydrogen) atoms. The molecule has 1 aromatic rings. The van der Waals surface area contributed by atoms with E-state index in [9.17, 15) is 25.3 Å². The minimum atomic E-state index is -4.03. The van der Waals surface area contributed by atoms with Crippen molar-refractivity contribution in [3.05, 3.63) is 18.2 Å². The van der Waals surface area contributed by atoms with Crippen LogP contribution in [0.25, 0.3) is 0 Å². The summed E-state index contributed by atoms with van der Waals surface area (Å²) in [7, 11) is -11.0. The summed E-state index contributed by atoms with van der Waals surface area (Å²) in [6.45, 7) is 2.51. The van der Waals surface area contributed by atoms with Crippen molar-refractivity contribution in [3.63, 3.8) is 0 Å². The Balaban J connectivity index is 2.19. The Hall–Kier alpha value is -1.21. The van der Waals surface area contributed by atoms with E-state index in [1.807, 2.05) is 6.92 Å². The molecule has 9 nitrogen and oxygen atoms in total. The second-order valence-corrected chi connectivity index (χ2v) is 12.2. The van der Waals surface area contributed by atoms with Crippen molar-refractivity contribution >= 4 is 35.6 Å². The molecule has 1 fully saturated rings. The van der Waals surface area contributed by atoms with Crippen molar-refractivity contribution in [2.45, 2.75) is 42.0 Å². The molecule has 0 radical (unpaired) electrons. The van der Waals surface area contributed by atoms with Crippen molar-refractivity contribution in [2.24, 2.45) is 5.14 Å². The Morgan fingerprint density at radius 2 is 1.70 bits per heavy atom. The number of anilines is 1. The number of hydrogen-bond acceptors (Lipinski definition) is 7. The minimum absolute atomic E-state index is 0.109. The van der Waals surface area contributed by atoms with Gasteiger partial charge in [0.15, 0.2) is 9.84 Å². The quantitative estimate of drug-likeness (QED) is 0.624. The molecular formula is C15H25N3O6S3. The van der Waals surface area contributed by atoms with Crippen LogP contribution in [0.15, 0.2) is 28.0 Å². The second kappa shape index (κ2) is 8.03. The van der Waals surface area contributed by atoms with Gasteiger partial charge in [0.1, 0.15) is 0 Å². The molecule has 0 aromatic heterocycles. The maximum atomic E-state index is 12.1. The Labute approximate surface area is 161 Å². The Morgan fingerprint density at radius 3 is 2.19 bits per heavy atom. The lowest BCUT2D eigenvalue weighted by molar-refractivity contribution is 0.329. The largest absolute Gasteiger partial charge is 0.381 e. The van der Waals surface area contributed by atoms with E-state index >= 15 is 0 Å². The average Bonchev–Trinajstić information content (AvgIpc) is 2.53. The van der Waals surface area contributed by atoms with Crippen LogP contribution in [0.2, 0.25) is 0 Å². The molecule has 1 heterocycles. The van der Waals surface area contributed by atoms with E-state index in [4.69, 9.17) is 5.14 Å². The lowest BCUT2D eigenvalue weighted by Crippen LogP contribution is -2.43. The molecule has 0 atom stereocenters. The molecule has 0 unspecified atom stereocenters. The molecule has 1 aliphatic rings. The van der Waals surface area contributed by atoms with E-state index in [1.165, 1.54) is 16.4 Å². The van der Waals surface area contributed by atoms with Crippen LogP contribution in [0, 0.1) is 0 Å². The number of rotatable bonds is 7. The molecule has 3 N–H and O–H groups in total. The molecule has 12 heteroatoms. The fourth-order valence-corrected chi connectivity index (χ4v) is 6.01. The van der Waals surface area contributed by atoms with Crippen LogP contribution in [0.1, 0.15) is 26.2 Å². The van der Waals surface area contributed by atoms with Gasteiger partial charge in [0.25, 0.3) is 0 Å². The van der Waals surface area contributed by atoms with Gasteiger partial charge in [-0.15, -0.1) is 0 Å². The van der Waals surface area contributed by atoms with Crippen molar-refractivity contribution < 1.29 is 25.3 Å². The summed E-state index contributed by atoms with van der Waals surface area (Å²) in [5.74, 6) is 0.109. The van der Waals surface area contributed by atoms with Crippen molar-refractivity contribution in [1.29, 1.82) is 0 Å². The SMILES string of the molecule is CCCS(=O)(=O)N1CCC(Nc2ccc(S(N)(=O)=O)cc2S(C)(=O)=O)CC1. The zero-order chi connectivity index (χ0) is 20.5. The fourth-order valence-electron chi connectivity index (χ4n) is 2.99. The number of nitrogens with two attached hydrogens (primary N) is 1. The highest BCUT2D eigenvalue weighted by molar-refractivity contribution is 7.91. The van der Waals surface area contributed by atoms with Crippen LogP contribution >= 0.6 is 0 Å². The smallest absolute Gasteiger partial charge is 0.238 e. The number of sulfonamides is 2. The van der Waals surface area contributed by atoms with Crippen molar-refractivity contribution in [1.82, 2.24) is 4.31 Å². The Kier molecular flexibility index (Phi) is 6.57. The topological polar surface area (TPSA) is 144 Å². The van der Waals surface area contributed by atoms with Gasteiger partial charge in [-0.3, -0.25) is 0 Å². The van der Waals surface area contributed by atoms with E-state index in [0.29, 0.717) is 32.4 Å². The van der Waals surface area contributed by atoms with Crippen LogP contribution < -0.4 is 10.5 Å². The van der Waals surface area contributed by atoms with E-state index in [0.717, 1.165) is 12.3 Å². The van der Waals surface area contributed by atoms with E-state index in [1.54, 1.807) is 0 Å². The van der Waals surface area contributed by atoms with Crippen LogP contribution in [0.3, 0.4) is 0 Å². The maximum Gasteiger partial charge on any atom is 0.238 e. The number of nitrogens with one attached hydrogen (secondary N) is 1. The number of primary sulfonamides is 1. The van der Waals surface area contributed by atoms with Gasteiger partial charge in [-0.25, -0.2) is 34.7 Å². The number of benzene rings is 1. The number of sulfone groups is 1. The van der Waals surface area contributed by atoms with Crippen LogP contribution in [0.5, 0.6) is 0 Å². The van der Waals surface area contributed by atoms with Crippen LogP contribution in [-0.2, 0) is 29.9 Å². The lowest BCUT2D eigenvalue weighted by atomic mass is 10.1. The monoisotopic (exact) mass is 439 g/mol. The van der Waals surface area contributed by atoms with Gasteiger partial charge >= 0.3 is 0 Å². The predicted molar refractivity (Wildman–Crippen MR) is 103 cm³/mol. The molecule has 0 spiro atoms. The molecule has 154 valence electrons. The first kappa shape index (κ1) is 22.1. The van der Waals surface area contributed by atoms with Crippen molar-refractivity contribution in [2.75, 3.05) is 30.4 Å². The third kappa shape index (κ3) is 5.64. The zero-order valence-electron chi connectivity index (χ0n) is 15.3. The van der Waals surface area contributed by atoms with Gasteiger partial charge in [-0.2, -0.15) is 0 Å². The number of nitrogens with zero attached hydrogens (tertiary/aromatic N) is 1. The molecule has 2 rings (SSSR count). The van der Waals surface area contributed by atoms with E-state index < -0.39 is 29.9 Å². The van der Waals surface area contributed by atoms with Gasteiger partial charge in [-0.05, 0) is 37.5 Å². The Bertz CT molecular complexity index is 995. The van der Waals surface area contributed by atoms with Gasteiger partial charge in [0.05, 0.1) is 21.2 Å². The molecule has 1 aromatic carbocycles. The highest BCUT2D eigenvalue weighted by atomic mass is 32.2. The molecule has 0 saturated carbocycles. The summed E-state index contributed by atoms with van der Waals surface area (Å²) in [4.78, 5) is -0.441. The second-order valence-electron chi connectivity index (χ2n) is 6.61. The highest BCUT2D eigenvalue weighted by Crippen LogP contribution is 2.27. The number of hydrogen-bond donors (Lipinski definition) is 2. The Morgan fingerprint density at radius 1 is 1.11 bits per heavy atom. The third-order valence-electron chi connectivity index (χ3n) is 4.35.